The van der Waals surface area contributed by atoms with Crippen molar-refractivity contribution < 1.29 is 17.9 Å². The summed E-state index contributed by atoms with van der Waals surface area (Å²) in [7, 11) is -0.547. The maximum absolute atomic E-state index is 12.7. The van der Waals surface area contributed by atoms with Crippen LogP contribution in [0.4, 0.5) is 0 Å². The lowest BCUT2D eigenvalue weighted by atomic mass is 10.2. The lowest BCUT2D eigenvalue weighted by molar-refractivity contribution is 0.342. The first-order chi connectivity index (χ1) is 9.50. The van der Waals surface area contributed by atoms with Gasteiger partial charge in [-0.25, -0.2) is 8.42 Å². The molecule has 0 amide bonds. The molecular weight excluding hydrogens is 346 g/mol. The molecule has 1 aliphatic rings. The van der Waals surface area contributed by atoms with E-state index in [1.54, 1.807) is 12.1 Å². The molecular formula is C13H18BrNO4S. The Hall–Kier alpha value is -0.790. The number of hydrogen-bond donors (Lipinski definition) is 0. The van der Waals surface area contributed by atoms with Gasteiger partial charge >= 0.3 is 0 Å². The lowest BCUT2D eigenvalue weighted by Crippen LogP contribution is -2.35. The van der Waals surface area contributed by atoms with Gasteiger partial charge in [0.05, 0.1) is 18.7 Å². The van der Waals surface area contributed by atoms with Crippen LogP contribution in [-0.2, 0) is 10.0 Å². The van der Waals surface area contributed by atoms with Crippen LogP contribution in [0.5, 0.6) is 11.5 Å². The first-order valence-electron chi connectivity index (χ1n) is 6.42. The largest absolute Gasteiger partial charge is 0.495 e. The monoisotopic (exact) mass is 363 g/mol. The fraction of sp³-hybridized carbons (Fsp3) is 0.538. The van der Waals surface area contributed by atoms with Crippen LogP contribution in [0.1, 0.15) is 19.3 Å². The van der Waals surface area contributed by atoms with E-state index < -0.39 is 10.0 Å². The Labute approximate surface area is 128 Å². The predicted octanol–water partition coefficient (Wildman–Crippen LogP) is 2.64. The smallest absolute Gasteiger partial charge is 0.246 e. The molecule has 112 valence electrons. The number of sulfonamides is 1. The fourth-order valence-corrected chi connectivity index (χ4v) is 4.62. The zero-order valence-corrected chi connectivity index (χ0v) is 14.0. The van der Waals surface area contributed by atoms with Gasteiger partial charge in [-0.3, -0.25) is 0 Å². The molecule has 0 saturated carbocycles. The number of benzene rings is 1. The van der Waals surface area contributed by atoms with Crippen molar-refractivity contribution in [1.29, 1.82) is 0 Å². The second kappa shape index (κ2) is 6.32. The van der Waals surface area contributed by atoms with Gasteiger partial charge < -0.3 is 9.47 Å². The van der Waals surface area contributed by atoms with Gasteiger partial charge in [-0.15, -0.1) is 0 Å². The van der Waals surface area contributed by atoms with Gasteiger partial charge in [-0.05, 0) is 34.8 Å². The second-order valence-corrected chi connectivity index (χ2v) is 7.36. The van der Waals surface area contributed by atoms with Crippen molar-refractivity contribution >= 4 is 26.0 Å². The zero-order valence-electron chi connectivity index (χ0n) is 11.6. The van der Waals surface area contributed by atoms with E-state index >= 15 is 0 Å². The minimum absolute atomic E-state index is 0.176. The Bertz CT molecular complexity index is 582. The Balaban J connectivity index is 2.47. The number of halogens is 1. The number of nitrogens with zero attached hydrogens (tertiary/aromatic N) is 1. The van der Waals surface area contributed by atoms with Crippen molar-refractivity contribution in [3.63, 3.8) is 0 Å². The van der Waals surface area contributed by atoms with Gasteiger partial charge in [-0.1, -0.05) is 6.42 Å². The van der Waals surface area contributed by atoms with E-state index in [0.717, 1.165) is 19.3 Å². The summed E-state index contributed by atoms with van der Waals surface area (Å²) in [4.78, 5) is 0.176. The maximum atomic E-state index is 12.7. The zero-order chi connectivity index (χ0) is 14.8. The summed E-state index contributed by atoms with van der Waals surface area (Å²) in [5.41, 5.74) is 0. The molecule has 1 aliphatic heterocycles. The van der Waals surface area contributed by atoms with Gasteiger partial charge in [-0.2, -0.15) is 4.31 Å². The number of methoxy groups -OCH3 is 2. The third kappa shape index (κ3) is 2.94. The van der Waals surface area contributed by atoms with E-state index in [0.29, 0.717) is 29.1 Å². The van der Waals surface area contributed by atoms with Crippen molar-refractivity contribution in [3.8, 4) is 11.5 Å². The summed E-state index contributed by atoms with van der Waals surface area (Å²) in [5.74, 6) is 0.843. The summed E-state index contributed by atoms with van der Waals surface area (Å²) in [6.45, 7) is 1.13. The Morgan fingerprint density at radius 1 is 1.05 bits per heavy atom. The summed E-state index contributed by atoms with van der Waals surface area (Å²) in [5, 5.41) is 0. The Kier molecular flexibility index (Phi) is 4.93. The normalized spacial score (nSPS) is 16.9. The van der Waals surface area contributed by atoms with E-state index in [4.69, 9.17) is 9.47 Å². The van der Waals surface area contributed by atoms with E-state index in [1.165, 1.54) is 18.5 Å². The molecule has 1 heterocycles. The number of piperidine rings is 1. The summed E-state index contributed by atoms with van der Waals surface area (Å²) in [6, 6.07) is 3.13. The Morgan fingerprint density at radius 2 is 1.65 bits per heavy atom. The van der Waals surface area contributed by atoms with E-state index in [-0.39, 0.29) is 4.90 Å². The molecule has 5 nitrogen and oxygen atoms in total. The molecule has 1 aromatic carbocycles. The van der Waals surface area contributed by atoms with Crippen molar-refractivity contribution in [1.82, 2.24) is 4.31 Å². The van der Waals surface area contributed by atoms with Gasteiger partial charge in [0.25, 0.3) is 0 Å². The molecule has 0 N–H and O–H groups in total. The molecule has 1 saturated heterocycles. The fourth-order valence-electron chi connectivity index (χ4n) is 2.28. The third-order valence-electron chi connectivity index (χ3n) is 3.37. The average molecular weight is 364 g/mol. The highest BCUT2D eigenvalue weighted by atomic mass is 79.9. The van der Waals surface area contributed by atoms with Crippen LogP contribution in [0.15, 0.2) is 21.5 Å². The van der Waals surface area contributed by atoms with Crippen LogP contribution in [0, 0.1) is 0 Å². The second-order valence-electron chi connectivity index (χ2n) is 4.60. The average Bonchev–Trinajstić information content (AvgIpc) is 2.47. The van der Waals surface area contributed by atoms with Crippen molar-refractivity contribution in [2.45, 2.75) is 24.2 Å². The molecule has 2 rings (SSSR count). The van der Waals surface area contributed by atoms with E-state index in [1.807, 2.05) is 0 Å². The highest BCUT2D eigenvalue weighted by Gasteiger charge is 2.29. The van der Waals surface area contributed by atoms with Crippen molar-refractivity contribution in [2.75, 3.05) is 27.3 Å². The molecule has 20 heavy (non-hydrogen) atoms. The molecule has 0 unspecified atom stereocenters. The summed E-state index contributed by atoms with van der Waals surface area (Å²) < 4.78 is 37.9. The summed E-state index contributed by atoms with van der Waals surface area (Å²) >= 11 is 3.32. The van der Waals surface area contributed by atoms with Crippen LogP contribution in [-0.4, -0.2) is 40.0 Å². The van der Waals surface area contributed by atoms with Crippen molar-refractivity contribution in [3.05, 3.63) is 16.6 Å². The standard InChI is InChI=1S/C13H18BrNO4S/c1-18-11-9-12(19-2)13(8-10(11)14)20(16,17)15-6-4-3-5-7-15/h8-9H,3-7H2,1-2H3. The molecule has 1 aromatic rings. The minimum atomic E-state index is -3.53. The molecule has 0 spiro atoms. The number of hydrogen-bond acceptors (Lipinski definition) is 4. The highest BCUT2D eigenvalue weighted by molar-refractivity contribution is 9.10. The SMILES string of the molecule is COc1cc(OC)c(S(=O)(=O)N2CCCCC2)cc1Br. The Morgan fingerprint density at radius 3 is 2.20 bits per heavy atom. The molecule has 0 atom stereocenters. The lowest BCUT2D eigenvalue weighted by Gasteiger charge is -2.26. The van der Waals surface area contributed by atoms with Gasteiger partial charge in [0, 0.05) is 19.2 Å². The first-order valence-corrected chi connectivity index (χ1v) is 8.65. The first kappa shape index (κ1) is 15.6. The molecule has 0 aliphatic carbocycles. The van der Waals surface area contributed by atoms with Gasteiger partial charge in [0.2, 0.25) is 10.0 Å². The molecule has 0 radical (unpaired) electrons. The van der Waals surface area contributed by atoms with Crippen LogP contribution in [0.25, 0.3) is 0 Å². The number of ether oxygens (including phenoxy) is 2. The van der Waals surface area contributed by atoms with Crippen LogP contribution < -0.4 is 9.47 Å². The summed E-state index contributed by atoms with van der Waals surface area (Å²) in [6.07, 6.45) is 2.88. The topological polar surface area (TPSA) is 55.8 Å². The molecule has 0 aromatic heterocycles. The van der Waals surface area contributed by atoms with Crippen LogP contribution >= 0.6 is 15.9 Å². The van der Waals surface area contributed by atoms with Crippen LogP contribution in [0.2, 0.25) is 0 Å². The van der Waals surface area contributed by atoms with Crippen molar-refractivity contribution in [2.24, 2.45) is 0 Å². The van der Waals surface area contributed by atoms with Gasteiger partial charge in [0.1, 0.15) is 16.4 Å². The quantitative estimate of drug-likeness (QED) is 0.824. The third-order valence-corrected chi connectivity index (χ3v) is 5.91. The highest BCUT2D eigenvalue weighted by Crippen LogP contribution is 2.37. The molecule has 1 fully saturated rings. The minimum Gasteiger partial charge on any atom is -0.495 e. The number of rotatable bonds is 4. The maximum Gasteiger partial charge on any atom is 0.246 e. The predicted molar refractivity (Wildman–Crippen MR) is 79.9 cm³/mol. The van der Waals surface area contributed by atoms with E-state index in [9.17, 15) is 8.42 Å². The van der Waals surface area contributed by atoms with Gasteiger partial charge in [0.15, 0.2) is 0 Å². The molecule has 7 heteroatoms. The van der Waals surface area contributed by atoms with E-state index in [2.05, 4.69) is 15.9 Å². The molecule has 0 bridgehead atoms. The van der Waals surface area contributed by atoms with Crippen LogP contribution in [0.3, 0.4) is 0 Å².